The van der Waals surface area contributed by atoms with E-state index in [-0.39, 0.29) is 17.6 Å². The van der Waals surface area contributed by atoms with E-state index in [4.69, 9.17) is 9.16 Å². The van der Waals surface area contributed by atoms with Gasteiger partial charge in [-0.2, -0.15) is 0 Å². The van der Waals surface area contributed by atoms with Crippen LogP contribution >= 0.6 is 0 Å². The standard InChI is InChI=1S/C17H26NO3Si/c1-16(2,3)11-8-9-12(13(10-11)21-22(6)7)14-17(4,5)20-15(19)18-14/h8-10,14H,1-7H3,(H,18,19)/t14-/m0/s1. The molecule has 0 aliphatic carbocycles. The Morgan fingerprint density at radius 2 is 1.91 bits per heavy atom. The van der Waals surface area contributed by atoms with Gasteiger partial charge in [0.1, 0.15) is 17.4 Å². The number of ether oxygens (including phenoxy) is 1. The maximum atomic E-state index is 11.6. The maximum absolute atomic E-state index is 11.6. The number of amides is 1. The molecule has 1 amide bonds. The van der Waals surface area contributed by atoms with Crippen LogP contribution in [-0.4, -0.2) is 20.7 Å². The second-order valence-electron chi connectivity index (χ2n) is 7.58. The van der Waals surface area contributed by atoms with E-state index in [0.717, 1.165) is 11.3 Å². The Bertz CT molecular complexity index is 576. The molecule has 1 aliphatic rings. The van der Waals surface area contributed by atoms with E-state index in [1.54, 1.807) is 0 Å². The van der Waals surface area contributed by atoms with Crippen molar-refractivity contribution in [3.8, 4) is 5.75 Å². The number of cyclic esters (lactones) is 1. The van der Waals surface area contributed by atoms with Crippen molar-refractivity contribution in [2.45, 2.75) is 64.8 Å². The number of hydrogen-bond donors (Lipinski definition) is 1. The molecule has 1 fully saturated rings. The lowest BCUT2D eigenvalue weighted by Crippen LogP contribution is -2.31. The van der Waals surface area contributed by atoms with Crippen LogP contribution in [0.1, 0.15) is 51.8 Å². The van der Waals surface area contributed by atoms with Crippen LogP contribution in [0.25, 0.3) is 0 Å². The molecule has 1 aromatic rings. The second-order valence-corrected chi connectivity index (χ2v) is 9.60. The minimum atomic E-state index is -0.903. The number of nitrogens with one attached hydrogen (secondary N) is 1. The molecule has 1 saturated heterocycles. The third kappa shape index (κ3) is 3.46. The van der Waals surface area contributed by atoms with E-state index in [9.17, 15) is 4.79 Å². The highest BCUT2D eigenvalue weighted by Crippen LogP contribution is 2.40. The van der Waals surface area contributed by atoms with Crippen molar-refractivity contribution in [3.05, 3.63) is 29.3 Å². The highest BCUT2D eigenvalue weighted by molar-refractivity contribution is 6.49. The van der Waals surface area contributed by atoms with E-state index >= 15 is 0 Å². The number of carbonyl (C=O) groups excluding carboxylic acids is 1. The molecule has 1 aliphatic heterocycles. The van der Waals surface area contributed by atoms with Crippen molar-refractivity contribution in [1.82, 2.24) is 5.32 Å². The molecule has 1 heterocycles. The molecule has 4 nitrogen and oxygen atoms in total. The van der Waals surface area contributed by atoms with Gasteiger partial charge in [0, 0.05) is 5.56 Å². The Morgan fingerprint density at radius 3 is 2.36 bits per heavy atom. The lowest BCUT2D eigenvalue weighted by atomic mass is 9.84. The lowest BCUT2D eigenvalue weighted by Gasteiger charge is -2.28. The smallest absolute Gasteiger partial charge is 0.408 e. The largest absolute Gasteiger partial charge is 0.542 e. The third-order valence-corrected chi connectivity index (χ3v) is 4.45. The second kappa shape index (κ2) is 5.61. The summed E-state index contributed by atoms with van der Waals surface area (Å²) in [7, 11) is -0.903. The third-order valence-electron chi connectivity index (χ3n) is 3.82. The molecule has 1 radical (unpaired) electrons. The lowest BCUT2D eigenvalue weighted by molar-refractivity contribution is 0.0680. The van der Waals surface area contributed by atoms with Gasteiger partial charge in [0.05, 0.1) is 0 Å². The number of rotatable bonds is 3. The summed E-state index contributed by atoms with van der Waals surface area (Å²) < 4.78 is 11.5. The first-order chi connectivity index (χ1) is 10.0. The Labute approximate surface area is 134 Å². The molecule has 1 N–H and O–H groups in total. The van der Waals surface area contributed by atoms with Crippen LogP contribution < -0.4 is 9.74 Å². The first-order valence-electron chi connectivity index (χ1n) is 7.62. The Balaban J connectivity index is 2.48. The van der Waals surface area contributed by atoms with Gasteiger partial charge in [0.15, 0.2) is 0 Å². The SMILES string of the molecule is C[Si](C)Oc1cc(C(C)(C)C)ccc1[C@@H]1NC(=O)OC1(C)C. The van der Waals surface area contributed by atoms with Crippen molar-refractivity contribution >= 4 is 15.1 Å². The summed E-state index contributed by atoms with van der Waals surface area (Å²) in [5, 5.41) is 2.90. The van der Waals surface area contributed by atoms with Crippen molar-refractivity contribution in [2.75, 3.05) is 0 Å². The van der Waals surface area contributed by atoms with Gasteiger partial charge < -0.3 is 14.5 Å². The van der Waals surface area contributed by atoms with Crippen LogP contribution in [-0.2, 0) is 10.2 Å². The predicted molar refractivity (Wildman–Crippen MR) is 89.7 cm³/mol. The van der Waals surface area contributed by atoms with Gasteiger partial charge in [-0.25, -0.2) is 4.79 Å². The Morgan fingerprint density at radius 1 is 1.27 bits per heavy atom. The summed E-state index contributed by atoms with van der Waals surface area (Å²) in [6.07, 6.45) is -0.376. The number of hydrogen-bond acceptors (Lipinski definition) is 3. The molecule has 0 aromatic heterocycles. The molecule has 0 spiro atoms. The zero-order valence-corrected chi connectivity index (χ0v) is 15.5. The van der Waals surface area contributed by atoms with Crippen LogP contribution in [0.4, 0.5) is 4.79 Å². The summed E-state index contributed by atoms with van der Waals surface area (Å²) in [6, 6.07) is 6.07. The number of carbonyl (C=O) groups is 1. The van der Waals surface area contributed by atoms with Crippen LogP contribution in [0.3, 0.4) is 0 Å². The molecular weight excluding hydrogens is 294 g/mol. The van der Waals surface area contributed by atoms with Crippen molar-refractivity contribution < 1.29 is 14.0 Å². The first-order valence-corrected chi connectivity index (χ1v) is 10.0. The minimum absolute atomic E-state index is 0.0516. The van der Waals surface area contributed by atoms with E-state index in [2.05, 4.69) is 57.4 Å². The monoisotopic (exact) mass is 320 g/mol. The van der Waals surface area contributed by atoms with Crippen molar-refractivity contribution in [3.63, 3.8) is 0 Å². The molecule has 1 atom stereocenters. The molecule has 5 heteroatoms. The fourth-order valence-corrected chi connectivity index (χ4v) is 3.24. The fourth-order valence-electron chi connectivity index (χ4n) is 2.62. The molecule has 0 saturated carbocycles. The van der Waals surface area contributed by atoms with Gasteiger partial charge in [-0.05, 0) is 44.0 Å². The maximum Gasteiger partial charge on any atom is 0.408 e. The normalized spacial score (nSPS) is 20.7. The summed E-state index contributed by atoms with van der Waals surface area (Å²) in [5.41, 5.74) is 1.66. The topological polar surface area (TPSA) is 47.6 Å². The number of alkyl carbamates (subject to hydrolysis) is 1. The van der Waals surface area contributed by atoms with E-state index in [1.807, 2.05) is 13.8 Å². The van der Waals surface area contributed by atoms with E-state index in [0.29, 0.717) is 0 Å². The fraction of sp³-hybridized carbons (Fsp3) is 0.588. The molecule has 22 heavy (non-hydrogen) atoms. The predicted octanol–water partition coefficient (Wildman–Crippen LogP) is 4.17. The minimum Gasteiger partial charge on any atom is -0.542 e. The zero-order chi connectivity index (χ0) is 16.7. The van der Waals surface area contributed by atoms with Gasteiger partial charge in [0.2, 0.25) is 0 Å². The van der Waals surface area contributed by atoms with Gasteiger partial charge in [-0.15, -0.1) is 0 Å². The Hall–Kier alpha value is -1.49. The average Bonchev–Trinajstić information content (AvgIpc) is 2.60. The van der Waals surface area contributed by atoms with Crippen LogP contribution in [0.15, 0.2) is 18.2 Å². The zero-order valence-electron chi connectivity index (χ0n) is 14.5. The highest BCUT2D eigenvalue weighted by Gasteiger charge is 2.43. The molecule has 2 rings (SSSR count). The quantitative estimate of drug-likeness (QED) is 0.850. The van der Waals surface area contributed by atoms with Crippen molar-refractivity contribution in [1.29, 1.82) is 0 Å². The van der Waals surface area contributed by atoms with Gasteiger partial charge >= 0.3 is 6.09 Å². The highest BCUT2D eigenvalue weighted by atomic mass is 28.3. The van der Waals surface area contributed by atoms with Gasteiger partial charge in [0.25, 0.3) is 9.04 Å². The van der Waals surface area contributed by atoms with E-state index in [1.165, 1.54) is 5.56 Å². The van der Waals surface area contributed by atoms with Crippen molar-refractivity contribution in [2.24, 2.45) is 0 Å². The average molecular weight is 320 g/mol. The van der Waals surface area contributed by atoms with Crippen LogP contribution in [0.2, 0.25) is 13.1 Å². The molecular formula is C17H26NO3Si. The summed E-state index contributed by atoms with van der Waals surface area (Å²) in [4.78, 5) is 11.6. The molecule has 0 unspecified atom stereocenters. The molecule has 121 valence electrons. The van der Waals surface area contributed by atoms with Gasteiger partial charge in [-0.1, -0.05) is 32.9 Å². The number of benzene rings is 1. The summed E-state index contributed by atoms with van der Waals surface area (Å²) >= 11 is 0. The Kier molecular flexibility index (Phi) is 4.30. The first kappa shape index (κ1) is 16.9. The summed E-state index contributed by atoms with van der Waals surface area (Å²) in [5.74, 6) is 0.857. The van der Waals surface area contributed by atoms with Crippen LogP contribution in [0.5, 0.6) is 5.75 Å². The molecule has 1 aromatic carbocycles. The molecule has 0 bridgehead atoms. The summed E-state index contributed by atoms with van der Waals surface area (Å²) in [6.45, 7) is 14.6. The van der Waals surface area contributed by atoms with Crippen LogP contribution in [0, 0.1) is 0 Å². The van der Waals surface area contributed by atoms with Gasteiger partial charge in [-0.3, -0.25) is 0 Å². The van der Waals surface area contributed by atoms with E-state index < -0.39 is 14.6 Å².